The maximum Gasteiger partial charge on any atom is 0.0482 e. The van der Waals surface area contributed by atoms with Crippen LogP contribution in [0.5, 0.6) is 0 Å². The van der Waals surface area contributed by atoms with Crippen molar-refractivity contribution in [3.63, 3.8) is 0 Å². The molecule has 1 N–H and O–H groups in total. The summed E-state index contributed by atoms with van der Waals surface area (Å²) in [4.78, 5) is 0. The third kappa shape index (κ3) is 2.78. The van der Waals surface area contributed by atoms with Gasteiger partial charge in [-0.05, 0) is 43.9 Å². The molecule has 2 rings (SSSR count). The van der Waals surface area contributed by atoms with Crippen LogP contribution in [0.2, 0.25) is 5.02 Å². The van der Waals surface area contributed by atoms with Crippen LogP contribution in [-0.2, 0) is 0 Å². The molecule has 0 bridgehead atoms. The lowest BCUT2D eigenvalue weighted by atomic mass is 9.99. The summed E-state index contributed by atoms with van der Waals surface area (Å²) in [6, 6.07) is 6.72. The summed E-state index contributed by atoms with van der Waals surface area (Å²) in [6.45, 7) is 2.07. The Kier molecular flexibility index (Phi) is 3.88. The minimum absolute atomic E-state index is 0.410. The predicted molar refractivity (Wildman–Crippen MR) is 69.9 cm³/mol. The largest absolute Gasteiger partial charge is 0.313 e. The maximum absolute atomic E-state index is 6.36. The predicted octanol–water partition coefficient (Wildman–Crippen LogP) is 4.10. The van der Waals surface area contributed by atoms with Crippen molar-refractivity contribution in [1.29, 1.82) is 0 Å². The molecule has 2 heteroatoms. The molecule has 0 aliphatic heterocycles. The number of hydrogen-bond acceptors (Lipinski definition) is 1. The van der Waals surface area contributed by atoms with Crippen LogP contribution in [0.1, 0.15) is 42.9 Å². The molecule has 88 valence electrons. The van der Waals surface area contributed by atoms with Gasteiger partial charge >= 0.3 is 0 Å². The number of benzene rings is 1. The number of hydrogen-bond donors (Lipinski definition) is 1. The quantitative estimate of drug-likeness (QED) is 0.813. The van der Waals surface area contributed by atoms with Crippen molar-refractivity contribution in [2.45, 2.75) is 38.6 Å². The summed E-state index contributed by atoms with van der Waals surface area (Å²) < 4.78 is 0. The highest BCUT2D eigenvalue weighted by Crippen LogP contribution is 2.37. The molecule has 1 unspecified atom stereocenters. The fourth-order valence-electron chi connectivity index (χ4n) is 2.20. The zero-order chi connectivity index (χ0) is 11.5. The van der Waals surface area contributed by atoms with Crippen molar-refractivity contribution < 1.29 is 0 Å². The van der Waals surface area contributed by atoms with Gasteiger partial charge in [0.25, 0.3) is 0 Å². The first-order chi connectivity index (χ1) is 7.72. The van der Waals surface area contributed by atoms with E-state index >= 15 is 0 Å². The standard InChI is InChI=1S/C14H20ClN/c1-10-4-3-5-12(14(10)15)13(16-2)9-8-11-6-7-11/h3-5,11,13,16H,6-9H2,1-2H3. The maximum atomic E-state index is 6.36. The van der Waals surface area contributed by atoms with E-state index in [1.54, 1.807) is 0 Å². The van der Waals surface area contributed by atoms with Gasteiger partial charge in [0.1, 0.15) is 0 Å². The SMILES string of the molecule is CNC(CCC1CC1)c1cccc(C)c1Cl. The molecule has 0 amide bonds. The molecular weight excluding hydrogens is 218 g/mol. The Morgan fingerprint density at radius 3 is 2.81 bits per heavy atom. The van der Waals surface area contributed by atoms with Crippen LogP contribution in [0.4, 0.5) is 0 Å². The molecular formula is C14H20ClN. The first-order valence-electron chi connectivity index (χ1n) is 6.14. The normalized spacial score (nSPS) is 17.4. The van der Waals surface area contributed by atoms with Crippen LogP contribution in [0.15, 0.2) is 18.2 Å². The third-order valence-corrected chi connectivity index (χ3v) is 4.02. The van der Waals surface area contributed by atoms with Crippen molar-refractivity contribution in [3.05, 3.63) is 34.3 Å². The van der Waals surface area contributed by atoms with E-state index in [0.29, 0.717) is 6.04 Å². The fraction of sp³-hybridized carbons (Fsp3) is 0.571. The van der Waals surface area contributed by atoms with E-state index in [1.165, 1.54) is 36.8 Å². The van der Waals surface area contributed by atoms with E-state index < -0.39 is 0 Å². The van der Waals surface area contributed by atoms with Crippen molar-refractivity contribution in [2.24, 2.45) is 5.92 Å². The van der Waals surface area contributed by atoms with E-state index in [9.17, 15) is 0 Å². The highest BCUT2D eigenvalue weighted by atomic mass is 35.5. The number of halogens is 1. The van der Waals surface area contributed by atoms with E-state index in [-0.39, 0.29) is 0 Å². The van der Waals surface area contributed by atoms with Crippen LogP contribution >= 0.6 is 11.6 Å². The van der Waals surface area contributed by atoms with Gasteiger partial charge in [0.15, 0.2) is 0 Å². The van der Waals surface area contributed by atoms with Gasteiger partial charge < -0.3 is 5.32 Å². The van der Waals surface area contributed by atoms with Gasteiger partial charge in [-0.2, -0.15) is 0 Å². The van der Waals surface area contributed by atoms with Gasteiger partial charge in [-0.25, -0.2) is 0 Å². The Hall–Kier alpha value is -0.530. The van der Waals surface area contributed by atoms with Gasteiger partial charge in [0.05, 0.1) is 0 Å². The minimum Gasteiger partial charge on any atom is -0.313 e. The molecule has 0 spiro atoms. The summed E-state index contributed by atoms with van der Waals surface area (Å²) >= 11 is 6.36. The second kappa shape index (κ2) is 5.20. The van der Waals surface area contributed by atoms with Gasteiger partial charge in [-0.15, -0.1) is 0 Å². The summed E-state index contributed by atoms with van der Waals surface area (Å²) in [6.07, 6.45) is 5.39. The first kappa shape index (κ1) is 11.9. The van der Waals surface area contributed by atoms with E-state index in [4.69, 9.17) is 11.6 Å². The molecule has 1 saturated carbocycles. The van der Waals surface area contributed by atoms with Gasteiger partial charge in [-0.3, -0.25) is 0 Å². The van der Waals surface area contributed by atoms with Crippen molar-refractivity contribution >= 4 is 11.6 Å². The topological polar surface area (TPSA) is 12.0 Å². The molecule has 0 heterocycles. The molecule has 1 aromatic carbocycles. The zero-order valence-electron chi connectivity index (χ0n) is 10.1. The number of rotatable bonds is 5. The molecule has 0 saturated heterocycles. The Morgan fingerprint density at radius 1 is 1.44 bits per heavy atom. The van der Waals surface area contributed by atoms with Crippen LogP contribution < -0.4 is 5.32 Å². The summed E-state index contributed by atoms with van der Waals surface area (Å²) in [5, 5.41) is 4.31. The smallest absolute Gasteiger partial charge is 0.0482 e. The monoisotopic (exact) mass is 237 g/mol. The molecule has 1 nitrogen and oxygen atoms in total. The Balaban J connectivity index is 2.08. The van der Waals surface area contributed by atoms with Crippen molar-refractivity contribution in [2.75, 3.05) is 7.05 Å². The highest BCUT2D eigenvalue weighted by Gasteiger charge is 2.23. The lowest BCUT2D eigenvalue weighted by Gasteiger charge is -2.18. The van der Waals surface area contributed by atoms with Gasteiger partial charge in [0.2, 0.25) is 0 Å². The van der Waals surface area contributed by atoms with Crippen LogP contribution in [0, 0.1) is 12.8 Å². The number of aryl methyl sites for hydroxylation is 1. The first-order valence-corrected chi connectivity index (χ1v) is 6.52. The molecule has 0 aromatic heterocycles. The third-order valence-electron chi connectivity index (χ3n) is 3.51. The Labute approximate surface area is 103 Å². The van der Waals surface area contributed by atoms with E-state index in [2.05, 4.69) is 30.4 Å². The molecule has 1 aliphatic rings. The number of nitrogens with one attached hydrogen (secondary N) is 1. The van der Waals surface area contributed by atoms with Crippen molar-refractivity contribution in [3.8, 4) is 0 Å². The lowest BCUT2D eigenvalue weighted by molar-refractivity contribution is 0.506. The average Bonchev–Trinajstić information content (AvgIpc) is 3.08. The summed E-state index contributed by atoms with van der Waals surface area (Å²) in [5.74, 6) is 0.986. The molecule has 0 radical (unpaired) electrons. The second-order valence-corrected chi connectivity index (χ2v) is 5.22. The highest BCUT2D eigenvalue weighted by molar-refractivity contribution is 6.32. The fourth-order valence-corrected chi connectivity index (χ4v) is 2.46. The van der Waals surface area contributed by atoms with Crippen LogP contribution in [-0.4, -0.2) is 7.05 Å². The van der Waals surface area contributed by atoms with E-state index in [1.807, 2.05) is 7.05 Å². The summed E-state index contributed by atoms with van der Waals surface area (Å²) in [7, 11) is 2.02. The van der Waals surface area contributed by atoms with Crippen LogP contribution in [0.3, 0.4) is 0 Å². The van der Waals surface area contributed by atoms with E-state index in [0.717, 1.165) is 10.9 Å². The molecule has 1 aliphatic carbocycles. The molecule has 16 heavy (non-hydrogen) atoms. The van der Waals surface area contributed by atoms with Gasteiger partial charge in [0, 0.05) is 11.1 Å². The molecule has 1 aromatic rings. The molecule has 1 fully saturated rings. The average molecular weight is 238 g/mol. The Morgan fingerprint density at radius 2 is 2.19 bits per heavy atom. The Bertz CT molecular complexity index is 358. The summed E-state index contributed by atoms with van der Waals surface area (Å²) in [5.41, 5.74) is 2.43. The zero-order valence-corrected chi connectivity index (χ0v) is 10.8. The molecule has 1 atom stereocenters. The lowest BCUT2D eigenvalue weighted by Crippen LogP contribution is -2.17. The van der Waals surface area contributed by atoms with Gasteiger partial charge in [-0.1, -0.05) is 42.6 Å². The van der Waals surface area contributed by atoms with Crippen molar-refractivity contribution in [1.82, 2.24) is 5.32 Å². The second-order valence-electron chi connectivity index (χ2n) is 4.84. The minimum atomic E-state index is 0.410. The van der Waals surface area contributed by atoms with Crippen LogP contribution in [0.25, 0.3) is 0 Å².